The van der Waals surface area contributed by atoms with Gasteiger partial charge in [-0.15, -0.1) is 10.2 Å². The molecule has 1 N–H and O–H groups in total. The van der Waals surface area contributed by atoms with Crippen molar-refractivity contribution >= 4 is 32.4 Å². The van der Waals surface area contributed by atoms with Gasteiger partial charge < -0.3 is 4.74 Å². The van der Waals surface area contributed by atoms with Crippen molar-refractivity contribution in [2.75, 3.05) is 45.2 Å². The first kappa shape index (κ1) is 22.3. The summed E-state index contributed by atoms with van der Waals surface area (Å²) in [5, 5.41) is 12.1. The molecule has 1 fully saturated rings. The number of rotatable bonds is 7. The molecule has 0 bridgehead atoms. The first-order valence-corrected chi connectivity index (χ1v) is 12.3. The van der Waals surface area contributed by atoms with Crippen molar-refractivity contribution in [3.05, 3.63) is 54.6 Å². The van der Waals surface area contributed by atoms with E-state index >= 15 is 0 Å². The molecule has 168 valence electrons. The van der Waals surface area contributed by atoms with E-state index in [-0.39, 0.29) is 17.3 Å². The van der Waals surface area contributed by atoms with Crippen LogP contribution in [0.2, 0.25) is 0 Å². The number of amides is 1. The first-order valence-electron chi connectivity index (χ1n) is 10.0. The van der Waals surface area contributed by atoms with Gasteiger partial charge in [0.25, 0.3) is 0 Å². The highest BCUT2D eigenvalue weighted by atomic mass is 32.2. The van der Waals surface area contributed by atoms with Crippen LogP contribution in [0.25, 0.3) is 10.6 Å². The van der Waals surface area contributed by atoms with Gasteiger partial charge in [0.2, 0.25) is 21.1 Å². The number of nitrogens with zero attached hydrogens (tertiary/aromatic N) is 4. The zero-order valence-electron chi connectivity index (χ0n) is 17.5. The number of anilines is 1. The van der Waals surface area contributed by atoms with Gasteiger partial charge >= 0.3 is 0 Å². The molecule has 0 unspecified atom stereocenters. The summed E-state index contributed by atoms with van der Waals surface area (Å²) >= 11 is 1.31. The fraction of sp³-hybridized carbons (Fsp3) is 0.286. The summed E-state index contributed by atoms with van der Waals surface area (Å²) < 4.78 is 32.2. The van der Waals surface area contributed by atoms with Gasteiger partial charge in [-0.3, -0.25) is 15.0 Å². The third kappa shape index (κ3) is 5.13. The number of carbonyl (C=O) groups excluding carboxylic acids is 1. The fourth-order valence-electron chi connectivity index (χ4n) is 3.36. The lowest BCUT2D eigenvalue weighted by Crippen LogP contribution is -2.50. The summed E-state index contributed by atoms with van der Waals surface area (Å²) in [7, 11) is -2.04. The number of hydrogen-bond donors (Lipinski definition) is 1. The Labute approximate surface area is 190 Å². The van der Waals surface area contributed by atoms with E-state index in [9.17, 15) is 13.2 Å². The van der Waals surface area contributed by atoms with Crippen molar-refractivity contribution in [3.8, 4) is 16.3 Å². The smallest absolute Gasteiger partial charge is 0.243 e. The standard InChI is InChI=1S/C21H23N5O4S2/c1-30-17-7-9-18(10-8-17)32(28,29)26-13-11-25(12-14-26)15-19(27)22-21-24-23-20(31-21)16-5-3-2-4-6-16/h2-10H,11-15H2,1H3,(H,22,24,27). The van der Waals surface area contributed by atoms with Crippen LogP contribution in [0.15, 0.2) is 59.5 Å². The molecular formula is C21H23N5O4S2. The summed E-state index contributed by atoms with van der Waals surface area (Å²) in [6.45, 7) is 1.73. The third-order valence-electron chi connectivity index (χ3n) is 5.09. The van der Waals surface area contributed by atoms with E-state index in [1.807, 2.05) is 35.2 Å². The fourth-order valence-corrected chi connectivity index (χ4v) is 5.55. The largest absolute Gasteiger partial charge is 0.497 e. The van der Waals surface area contributed by atoms with Crippen molar-refractivity contribution in [3.63, 3.8) is 0 Å². The lowest BCUT2D eigenvalue weighted by molar-refractivity contribution is -0.117. The summed E-state index contributed by atoms with van der Waals surface area (Å²) in [5.41, 5.74) is 0.944. The topological polar surface area (TPSA) is 105 Å². The molecule has 4 rings (SSSR count). The molecule has 1 aromatic heterocycles. The molecule has 0 saturated carbocycles. The second kappa shape index (κ2) is 9.74. The first-order chi connectivity index (χ1) is 15.5. The van der Waals surface area contributed by atoms with Crippen LogP contribution in [0.4, 0.5) is 5.13 Å². The minimum absolute atomic E-state index is 0.163. The van der Waals surface area contributed by atoms with Crippen LogP contribution in [0, 0.1) is 0 Å². The van der Waals surface area contributed by atoms with Gasteiger partial charge in [0, 0.05) is 31.7 Å². The lowest BCUT2D eigenvalue weighted by atomic mass is 10.2. The molecular weight excluding hydrogens is 450 g/mol. The van der Waals surface area contributed by atoms with E-state index in [1.165, 1.54) is 22.8 Å². The molecule has 1 saturated heterocycles. The van der Waals surface area contributed by atoms with Gasteiger partial charge in [-0.1, -0.05) is 41.7 Å². The van der Waals surface area contributed by atoms with Crippen molar-refractivity contribution in [2.45, 2.75) is 4.90 Å². The van der Waals surface area contributed by atoms with Crippen molar-refractivity contribution < 1.29 is 17.9 Å². The number of carbonyl (C=O) groups is 1. The highest BCUT2D eigenvalue weighted by Gasteiger charge is 2.29. The summed E-state index contributed by atoms with van der Waals surface area (Å²) in [4.78, 5) is 14.6. The minimum Gasteiger partial charge on any atom is -0.497 e. The maximum Gasteiger partial charge on any atom is 0.243 e. The Bertz CT molecular complexity index is 1160. The lowest BCUT2D eigenvalue weighted by Gasteiger charge is -2.33. The van der Waals surface area contributed by atoms with E-state index in [0.29, 0.717) is 37.1 Å². The monoisotopic (exact) mass is 473 g/mol. The Morgan fingerprint density at radius 3 is 2.38 bits per heavy atom. The number of piperazine rings is 1. The highest BCUT2D eigenvalue weighted by molar-refractivity contribution is 7.89. The van der Waals surface area contributed by atoms with Crippen LogP contribution in [-0.4, -0.2) is 73.6 Å². The molecule has 11 heteroatoms. The molecule has 3 aromatic rings. The summed E-state index contributed by atoms with van der Waals surface area (Å²) in [6.07, 6.45) is 0. The molecule has 2 aromatic carbocycles. The van der Waals surface area contributed by atoms with Crippen molar-refractivity contribution in [1.29, 1.82) is 0 Å². The molecule has 0 radical (unpaired) electrons. The van der Waals surface area contributed by atoms with E-state index in [2.05, 4.69) is 15.5 Å². The second-order valence-electron chi connectivity index (χ2n) is 7.18. The maximum absolute atomic E-state index is 12.8. The number of benzene rings is 2. The maximum atomic E-state index is 12.8. The normalized spacial score (nSPS) is 15.4. The summed E-state index contributed by atoms with van der Waals surface area (Å²) in [5.74, 6) is 0.401. The average Bonchev–Trinajstić information content (AvgIpc) is 3.28. The Balaban J connectivity index is 1.29. The number of nitrogens with one attached hydrogen (secondary N) is 1. The van der Waals surface area contributed by atoms with E-state index in [1.54, 1.807) is 24.3 Å². The van der Waals surface area contributed by atoms with Crippen molar-refractivity contribution in [2.24, 2.45) is 0 Å². The molecule has 0 aliphatic carbocycles. The quantitative estimate of drug-likeness (QED) is 0.561. The molecule has 9 nitrogen and oxygen atoms in total. The van der Waals surface area contributed by atoms with Crippen molar-refractivity contribution in [1.82, 2.24) is 19.4 Å². The molecule has 1 amide bonds. The number of methoxy groups -OCH3 is 1. The molecule has 0 spiro atoms. The van der Waals surface area contributed by atoms with Gasteiger partial charge in [0.1, 0.15) is 10.8 Å². The van der Waals surface area contributed by atoms with Crippen LogP contribution >= 0.6 is 11.3 Å². The van der Waals surface area contributed by atoms with E-state index < -0.39 is 10.0 Å². The van der Waals surface area contributed by atoms with Crippen LogP contribution in [0.3, 0.4) is 0 Å². The minimum atomic E-state index is -3.58. The molecule has 0 atom stereocenters. The van der Waals surface area contributed by atoms with Gasteiger partial charge in [0.15, 0.2) is 0 Å². The van der Waals surface area contributed by atoms with Crippen LogP contribution in [-0.2, 0) is 14.8 Å². The zero-order chi connectivity index (χ0) is 22.6. The molecule has 2 heterocycles. The van der Waals surface area contributed by atoms with Gasteiger partial charge in [-0.05, 0) is 24.3 Å². The Hall–Kier alpha value is -2.86. The Morgan fingerprint density at radius 2 is 1.72 bits per heavy atom. The SMILES string of the molecule is COc1ccc(S(=O)(=O)N2CCN(CC(=O)Nc3nnc(-c4ccccc4)s3)CC2)cc1. The average molecular weight is 474 g/mol. The number of aromatic nitrogens is 2. The Kier molecular flexibility index (Phi) is 6.80. The van der Waals surface area contributed by atoms with E-state index in [4.69, 9.17) is 4.74 Å². The van der Waals surface area contributed by atoms with Gasteiger partial charge in [0.05, 0.1) is 18.6 Å². The Morgan fingerprint density at radius 1 is 1.03 bits per heavy atom. The highest BCUT2D eigenvalue weighted by Crippen LogP contribution is 2.26. The van der Waals surface area contributed by atoms with Gasteiger partial charge in [-0.2, -0.15) is 4.31 Å². The summed E-state index contributed by atoms with van der Waals surface area (Å²) in [6, 6.07) is 16.0. The number of sulfonamides is 1. The third-order valence-corrected chi connectivity index (χ3v) is 7.89. The molecule has 32 heavy (non-hydrogen) atoms. The van der Waals surface area contributed by atoms with Crippen LogP contribution in [0.5, 0.6) is 5.75 Å². The zero-order valence-corrected chi connectivity index (χ0v) is 19.1. The second-order valence-corrected chi connectivity index (χ2v) is 10.1. The van der Waals surface area contributed by atoms with Gasteiger partial charge in [-0.25, -0.2) is 8.42 Å². The predicted octanol–water partition coefficient (Wildman–Crippen LogP) is 2.16. The van der Waals surface area contributed by atoms with Crippen LogP contribution in [0.1, 0.15) is 0 Å². The number of hydrogen-bond acceptors (Lipinski definition) is 8. The predicted molar refractivity (Wildman–Crippen MR) is 122 cm³/mol. The molecule has 1 aliphatic rings. The van der Waals surface area contributed by atoms with E-state index in [0.717, 1.165) is 10.6 Å². The van der Waals surface area contributed by atoms with Crippen LogP contribution < -0.4 is 10.1 Å². The molecule has 1 aliphatic heterocycles. The number of ether oxygens (including phenoxy) is 1.